The van der Waals surface area contributed by atoms with Gasteiger partial charge in [0.15, 0.2) is 0 Å². The van der Waals surface area contributed by atoms with Gasteiger partial charge in [-0.05, 0) is 13.0 Å². The molecular formula is C13H8F2N2O3. The largest absolute Gasteiger partial charge is 0.478 e. The fraction of sp³-hybridized carbons (Fsp3) is 0.0769. The molecule has 102 valence electrons. The number of halogens is 2. The SMILES string of the molecule is Cc1c(F)c(C(=O)O)cc(C(=O)c2cnccn2)c1F. The molecule has 7 heteroatoms. The van der Waals surface area contributed by atoms with Crippen molar-refractivity contribution in [1.82, 2.24) is 9.97 Å². The lowest BCUT2D eigenvalue weighted by Crippen LogP contribution is -2.13. The van der Waals surface area contributed by atoms with E-state index in [0.29, 0.717) is 6.07 Å². The highest BCUT2D eigenvalue weighted by molar-refractivity contribution is 6.08. The lowest BCUT2D eigenvalue weighted by Gasteiger charge is -2.08. The van der Waals surface area contributed by atoms with E-state index in [0.717, 1.165) is 13.1 Å². The van der Waals surface area contributed by atoms with Gasteiger partial charge in [0, 0.05) is 18.0 Å². The quantitative estimate of drug-likeness (QED) is 0.868. The standard InChI is InChI=1S/C13H8F2N2O3/c1-6-10(14)7(4-8(11(6)15)13(19)20)12(18)9-5-16-2-3-17-9/h2-5H,1H3,(H,19,20). The van der Waals surface area contributed by atoms with E-state index in [-0.39, 0.29) is 5.69 Å². The van der Waals surface area contributed by atoms with Crippen LogP contribution in [0.1, 0.15) is 32.0 Å². The van der Waals surface area contributed by atoms with Crippen LogP contribution in [0.4, 0.5) is 8.78 Å². The zero-order chi connectivity index (χ0) is 14.9. The second-order valence-electron chi connectivity index (χ2n) is 3.95. The summed E-state index contributed by atoms with van der Waals surface area (Å²) in [6, 6.07) is 0.664. The van der Waals surface area contributed by atoms with Crippen molar-refractivity contribution in [3.63, 3.8) is 0 Å². The molecule has 0 bridgehead atoms. The first-order valence-corrected chi connectivity index (χ1v) is 5.46. The summed E-state index contributed by atoms with van der Waals surface area (Å²) in [5, 5.41) is 8.86. The summed E-state index contributed by atoms with van der Waals surface area (Å²) < 4.78 is 27.5. The Morgan fingerprint density at radius 3 is 2.35 bits per heavy atom. The van der Waals surface area contributed by atoms with Gasteiger partial charge in [-0.2, -0.15) is 0 Å². The first-order valence-electron chi connectivity index (χ1n) is 5.46. The van der Waals surface area contributed by atoms with Crippen molar-refractivity contribution >= 4 is 11.8 Å². The van der Waals surface area contributed by atoms with Gasteiger partial charge in [-0.3, -0.25) is 9.78 Å². The zero-order valence-electron chi connectivity index (χ0n) is 10.2. The van der Waals surface area contributed by atoms with E-state index < -0.39 is 40.1 Å². The molecule has 2 aromatic rings. The third-order valence-corrected chi connectivity index (χ3v) is 2.69. The highest BCUT2D eigenvalue weighted by Crippen LogP contribution is 2.22. The van der Waals surface area contributed by atoms with Crippen molar-refractivity contribution in [2.75, 3.05) is 0 Å². The molecule has 1 aromatic carbocycles. The maximum absolute atomic E-state index is 13.9. The molecule has 0 atom stereocenters. The van der Waals surface area contributed by atoms with E-state index in [9.17, 15) is 18.4 Å². The Bertz CT molecular complexity index is 703. The number of benzene rings is 1. The number of aromatic nitrogens is 2. The molecule has 20 heavy (non-hydrogen) atoms. The van der Waals surface area contributed by atoms with E-state index in [4.69, 9.17) is 5.11 Å². The number of carbonyl (C=O) groups is 2. The lowest BCUT2D eigenvalue weighted by atomic mass is 10.00. The Labute approximate surface area is 111 Å². The van der Waals surface area contributed by atoms with Crippen molar-refractivity contribution in [2.45, 2.75) is 6.92 Å². The Morgan fingerprint density at radius 2 is 1.80 bits per heavy atom. The number of hydrogen-bond donors (Lipinski definition) is 1. The number of rotatable bonds is 3. The lowest BCUT2D eigenvalue weighted by molar-refractivity contribution is 0.0691. The average Bonchev–Trinajstić information content (AvgIpc) is 2.45. The van der Waals surface area contributed by atoms with Crippen LogP contribution in [0, 0.1) is 18.6 Å². The van der Waals surface area contributed by atoms with Crippen LogP contribution in [0.5, 0.6) is 0 Å². The second kappa shape index (κ2) is 5.12. The first-order chi connectivity index (χ1) is 9.43. The summed E-state index contributed by atoms with van der Waals surface area (Å²) >= 11 is 0. The molecule has 2 rings (SSSR count). The van der Waals surface area contributed by atoms with Crippen molar-refractivity contribution in [1.29, 1.82) is 0 Å². The van der Waals surface area contributed by atoms with Gasteiger partial charge in [0.2, 0.25) is 5.78 Å². The molecule has 0 fully saturated rings. The van der Waals surface area contributed by atoms with Crippen LogP contribution >= 0.6 is 0 Å². The number of carboxylic acids is 1. The molecule has 0 radical (unpaired) electrons. The number of aromatic carboxylic acids is 1. The first kappa shape index (κ1) is 13.7. The van der Waals surface area contributed by atoms with Gasteiger partial charge in [-0.15, -0.1) is 0 Å². The summed E-state index contributed by atoms with van der Waals surface area (Å²) in [7, 11) is 0. The minimum absolute atomic E-state index is 0.159. The highest BCUT2D eigenvalue weighted by atomic mass is 19.1. The van der Waals surface area contributed by atoms with Crippen molar-refractivity contribution in [2.24, 2.45) is 0 Å². The summed E-state index contributed by atoms with van der Waals surface area (Å²) in [5.41, 5.74) is -2.01. The molecule has 0 aliphatic heterocycles. The zero-order valence-corrected chi connectivity index (χ0v) is 10.2. The van der Waals surface area contributed by atoms with Gasteiger partial charge in [-0.1, -0.05) is 0 Å². The third kappa shape index (κ3) is 2.25. The Hall–Kier alpha value is -2.70. The molecule has 5 nitrogen and oxygen atoms in total. The minimum atomic E-state index is -1.58. The Kier molecular flexibility index (Phi) is 3.51. The van der Waals surface area contributed by atoms with Crippen molar-refractivity contribution in [3.05, 3.63) is 58.7 Å². The van der Waals surface area contributed by atoms with Gasteiger partial charge >= 0.3 is 5.97 Å². The van der Waals surface area contributed by atoms with E-state index in [1.807, 2.05) is 0 Å². The molecule has 0 aliphatic rings. The number of hydrogen-bond acceptors (Lipinski definition) is 4. The summed E-state index contributed by atoms with van der Waals surface area (Å²) in [5.74, 6) is -4.76. The predicted octanol–water partition coefficient (Wildman–Crippen LogP) is 1.99. The van der Waals surface area contributed by atoms with E-state index >= 15 is 0 Å². The number of carboxylic acid groups (broad SMARTS) is 1. The Morgan fingerprint density at radius 1 is 1.15 bits per heavy atom. The van der Waals surface area contributed by atoms with Crippen LogP contribution < -0.4 is 0 Å². The molecule has 1 heterocycles. The summed E-state index contributed by atoms with van der Waals surface area (Å²) in [4.78, 5) is 30.3. The normalized spacial score (nSPS) is 10.3. The average molecular weight is 278 g/mol. The maximum atomic E-state index is 13.9. The number of ketones is 1. The Balaban J connectivity index is 2.63. The minimum Gasteiger partial charge on any atom is -0.478 e. The molecular weight excluding hydrogens is 270 g/mol. The van der Waals surface area contributed by atoms with Gasteiger partial charge in [0.1, 0.15) is 17.3 Å². The molecule has 0 spiro atoms. The predicted molar refractivity (Wildman–Crippen MR) is 63.5 cm³/mol. The van der Waals surface area contributed by atoms with Crippen LogP contribution in [0.25, 0.3) is 0 Å². The van der Waals surface area contributed by atoms with Gasteiger partial charge < -0.3 is 5.11 Å². The van der Waals surface area contributed by atoms with Crippen LogP contribution in [-0.2, 0) is 0 Å². The van der Waals surface area contributed by atoms with E-state index in [2.05, 4.69) is 9.97 Å². The third-order valence-electron chi connectivity index (χ3n) is 2.69. The topological polar surface area (TPSA) is 80.1 Å². The fourth-order valence-corrected chi connectivity index (χ4v) is 1.65. The molecule has 1 N–H and O–H groups in total. The molecule has 0 aliphatic carbocycles. The van der Waals surface area contributed by atoms with Gasteiger partial charge in [0.05, 0.1) is 17.3 Å². The molecule has 1 aromatic heterocycles. The molecule has 0 amide bonds. The van der Waals surface area contributed by atoms with Gasteiger partial charge in [-0.25, -0.2) is 18.6 Å². The smallest absolute Gasteiger partial charge is 0.338 e. The van der Waals surface area contributed by atoms with Crippen LogP contribution in [0.2, 0.25) is 0 Å². The molecule has 0 saturated carbocycles. The highest BCUT2D eigenvalue weighted by Gasteiger charge is 2.24. The van der Waals surface area contributed by atoms with Crippen molar-refractivity contribution in [3.8, 4) is 0 Å². The monoisotopic (exact) mass is 278 g/mol. The summed E-state index contributed by atoms with van der Waals surface area (Å²) in [6.07, 6.45) is 3.67. The fourth-order valence-electron chi connectivity index (χ4n) is 1.65. The van der Waals surface area contributed by atoms with E-state index in [1.165, 1.54) is 12.4 Å². The van der Waals surface area contributed by atoms with E-state index in [1.54, 1.807) is 0 Å². The second-order valence-corrected chi connectivity index (χ2v) is 3.95. The maximum Gasteiger partial charge on any atom is 0.338 e. The molecule has 0 saturated heterocycles. The number of carbonyl (C=O) groups excluding carboxylic acids is 1. The van der Waals surface area contributed by atoms with Crippen LogP contribution in [0.15, 0.2) is 24.7 Å². The van der Waals surface area contributed by atoms with Crippen molar-refractivity contribution < 1.29 is 23.5 Å². The molecule has 0 unspecified atom stereocenters. The number of nitrogens with zero attached hydrogens (tertiary/aromatic N) is 2. The van der Waals surface area contributed by atoms with Gasteiger partial charge in [0.25, 0.3) is 0 Å². The van der Waals surface area contributed by atoms with Crippen LogP contribution in [-0.4, -0.2) is 26.8 Å². The summed E-state index contributed by atoms with van der Waals surface area (Å²) in [6.45, 7) is 1.06. The van der Waals surface area contributed by atoms with Crippen LogP contribution in [0.3, 0.4) is 0 Å².